The number of hydrogen-bond acceptors (Lipinski definition) is 6. The molecule has 0 unspecified atom stereocenters. The van der Waals surface area contributed by atoms with E-state index in [9.17, 15) is 0 Å². The van der Waals surface area contributed by atoms with Gasteiger partial charge in [-0.2, -0.15) is 9.98 Å². The van der Waals surface area contributed by atoms with Gasteiger partial charge in [0, 0.05) is 7.05 Å². The van der Waals surface area contributed by atoms with Crippen LogP contribution < -0.4 is 0 Å². The zero-order valence-corrected chi connectivity index (χ0v) is 11.0. The van der Waals surface area contributed by atoms with E-state index < -0.39 is 0 Å². The van der Waals surface area contributed by atoms with Crippen LogP contribution in [0.5, 0.6) is 0 Å². The number of aromatic nitrogens is 3. The smallest absolute Gasteiger partial charge is 0.232 e. The van der Waals surface area contributed by atoms with Gasteiger partial charge >= 0.3 is 0 Å². The maximum atomic E-state index is 4.38. The van der Waals surface area contributed by atoms with Gasteiger partial charge in [0.25, 0.3) is 0 Å². The van der Waals surface area contributed by atoms with Gasteiger partial charge in [-0.05, 0) is 18.8 Å². The van der Waals surface area contributed by atoms with Crippen LogP contribution in [0.15, 0.2) is 10.1 Å². The lowest BCUT2D eigenvalue weighted by molar-refractivity contribution is 0.741. The molecule has 0 saturated carbocycles. The van der Waals surface area contributed by atoms with Crippen LogP contribution >= 0.6 is 35.3 Å². The van der Waals surface area contributed by atoms with Crippen LogP contribution in [0.3, 0.4) is 0 Å². The first kappa shape index (κ1) is 11.9. The maximum Gasteiger partial charge on any atom is 0.250 e. The fourth-order valence-electron chi connectivity index (χ4n) is 0.793. The third-order valence-corrected chi connectivity index (χ3v) is 3.86. The van der Waals surface area contributed by atoms with E-state index in [0.29, 0.717) is 5.95 Å². The molecule has 0 spiro atoms. The summed E-state index contributed by atoms with van der Waals surface area (Å²) in [5, 5.41) is 4.95. The van der Waals surface area contributed by atoms with Crippen molar-refractivity contribution in [3.63, 3.8) is 0 Å². The molecule has 0 bridgehead atoms. The van der Waals surface area contributed by atoms with Crippen molar-refractivity contribution in [2.75, 3.05) is 18.8 Å². The number of thioether (sulfide) groups is 3. The van der Waals surface area contributed by atoms with Gasteiger partial charge in [0.2, 0.25) is 11.1 Å². The highest BCUT2D eigenvalue weighted by molar-refractivity contribution is 8.38. The summed E-state index contributed by atoms with van der Waals surface area (Å²) in [6.07, 6.45) is 5.95. The SMILES string of the molecule is CSC(=Nc1nc(SC)nn1C)SC. The van der Waals surface area contributed by atoms with Crippen LogP contribution in [0.25, 0.3) is 0 Å². The number of aryl methyl sites for hydroxylation is 1. The van der Waals surface area contributed by atoms with Crippen LogP contribution in [0.4, 0.5) is 5.95 Å². The van der Waals surface area contributed by atoms with Crippen LogP contribution in [-0.4, -0.2) is 37.9 Å². The van der Waals surface area contributed by atoms with Crippen molar-refractivity contribution >= 4 is 45.6 Å². The Morgan fingerprint density at radius 3 is 2.36 bits per heavy atom. The quantitative estimate of drug-likeness (QED) is 0.456. The zero-order chi connectivity index (χ0) is 10.6. The molecule has 1 heterocycles. The summed E-state index contributed by atoms with van der Waals surface area (Å²) in [5.74, 6) is 0.660. The van der Waals surface area contributed by atoms with Crippen LogP contribution in [-0.2, 0) is 7.05 Å². The van der Waals surface area contributed by atoms with Gasteiger partial charge < -0.3 is 0 Å². The second-order valence-electron chi connectivity index (χ2n) is 2.31. The second kappa shape index (κ2) is 5.67. The summed E-state index contributed by atoms with van der Waals surface area (Å²) >= 11 is 4.75. The molecule has 4 nitrogen and oxygen atoms in total. The van der Waals surface area contributed by atoms with Gasteiger partial charge in [-0.3, -0.25) is 0 Å². The molecule has 1 aromatic heterocycles. The first-order valence-electron chi connectivity index (χ1n) is 3.83. The van der Waals surface area contributed by atoms with Crippen LogP contribution in [0.1, 0.15) is 0 Å². The van der Waals surface area contributed by atoms with Crippen molar-refractivity contribution < 1.29 is 0 Å². The van der Waals surface area contributed by atoms with E-state index in [1.165, 1.54) is 11.8 Å². The molecule has 0 N–H and O–H groups in total. The molecular weight excluding hydrogens is 236 g/mol. The Morgan fingerprint density at radius 1 is 1.29 bits per heavy atom. The molecule has 14 heavy (non-hydrogen) atoms. The van der Waals surface area contributed by atoms with Crippen molar-refractivity contribution in [2.24, 2.45) is 12.0 Å². The van der Waals surface area contributed by atoms with Crippen molar-refractivity contribution in [1.29, 1.82) is 0 Å². The van der Waals surface area contributed by atoms with E-state index >= 15 is 0 Å². The predicted octanol–water partition coefficient (Wildman–Crippen LogP) is 2.25. The van der Waals surface area contributed by atoms with E-state index in [1.54, 1.807) is 28.2 Å². The topological polar surface area (TPSA) is 43.1 Å². The average Bonchev–Trinajstić information content (AvgIpc) is 2.56. The van der Waals surface area contributed by atoms with Gasteiger partial charge in [-0.15, -0.1) is 28.6 Å². The molecule has 0 fully saturated rings. The minimum absolute atomic E-state index is 0.660. The molecule has 0 aliphatic heterocycles. The third kappa shape index (κ3) is 2.93. The van der Waals surface area contributed by atoms with Crippen molar-refractivity contribution in [3.8, 4) is 0 Å². The second-order valence-corrected chi connectivity index (χ2v) is 4.93. The Balaban J connectivity index is 2.94. The normalized spacial score (nSPS) is 10.3. The summed E-state index contributed by atoms with van der Waals surface area (Å²) in [4.78, 5) is 8.65. The Morgan fingerprint density at radius 2 is 1.93 bits per heavy atom. The Hall–Kier alpha value is -0.140. The fraction of sp³-hybridized carbons (Fsp3) is 0.571. The summed E-state index contributed by atoms with van der Waals surface area (Å²) in [7, 11) is 1.85. The van der Waals surface area contributed by atoms with E-state index in [2.05, 4.69) is 15.1 Å². The molecule has 0 atom stereocenters. The average molecular weight is 248 g/mol. The van der Waals surface area contributed by atoms with Crippen LogP contribution in [0.2, 0.25) is 0 Å². The molecule has 7 heteroatoms. The van der Waals surface area contributed by atoms with Gasteiger partial charge in [0.15, 0.2) is 0 Å². The summed E-state index contributed by atoms with van der Waals surface area (Å²) < 4.78 is 2.69. The van der Waals surface area contributed by atoms with E-state index in [0.717, 1.165) is 9.53 Å². The first-order chi connectivity index (χ1) is 6.71. The Bertz CT molecular complexity index is 328. The minimum atomic E-state index is 0.660. The van der Waals surface area contributed by atoms with Gasteiger partial charge in [0.1, 0.15) is 4.38 Å². The molecule has 0 aliphatic rings. The molecule has 78 valence electrons. The molecule has 0 radical (unpaired) electrons. The molecule has 0 aromatic carbocycles. The molecule has 0 saturated heterocycles. The van der Waals surface area contributed by atoms with Crippen LogP contribution in [0, 0.1) is 0 Å². The molecule has 0 amide bonds. The molecule has 1 aromatic rings. The van der Waals surface area contributed by atoms with Crippen molar-refractivity contribution in [3.05, 3.63) is 0 Å². The highest BCUT2D eigenvalue weighted by atomic mass is 32.2. The van der Waals surface area contributed by atoms with E-state index in [4.69, 9.17) is 0 Å². The molecular formula is C7H12N4S3. The monoisotopic (exact) mass is 248 g/mol. The van der Waals surface area contributed by atoms with Crippen molar-refractivity contribution in [2.45, 2.75) is 5.16 Å². The summed E-state index contributed by atoms with van der Waals surface area (Å²) in [6, 6.07) is 0. The summed E-state index contributed by atoms with van der Waals surface area (Å²) in [5.41, 5.74) is 0. The van der Waals surface area contributed by atoms with Crippen molar-refractivity contribution in [1.82, 2.24) is 14.8 Å². The zero-order valence-electron chi connectivity index (χ0n) is 8.51. The first-order valence-corrected chi connectivity index (χ1v) is 7.50. The fourth-order valence-corrected chi connectivity index (χ4v) is 2.18. The largest absolute Gasteiger partial charge is 0.250 e. The lowest BCUT2D eigenvalue weighted by atomic mass is 11.0. The molecule has 1 rings (SSSR count). The predicted molar refractivity (Wildman–Crippen MR) is 66.9 cm³/mol. The highest BCUT2D eigenvalue weighted by Gasteiger charge is 2.05. The lowest BCUT2D eigenvalue weighted by Gasteiger charge is -1.96. The van der Waals surface area contributed by atoms with Gasteiger partial charge in [-0.25, -0.2) is 4.68 Å². The Labute approximate surface area is 96.3 Å². The molecule has 0 aliphatic carbocycles. The standard InChI is InChI=1S/C7H12N4S3/c1-11-5(8-6(10-11)12-2)9-7(13-3)14-4/h1-4H3. The lowest BCUT2D eigenvalue weighted by Crippen LogP contribution is -1.91. The number of nitrogens with zero attached hydrogens (tertiary/aromatic N) is 4. The Kier molecular flexibility index (Phi) is 4.83. The van der Waals surface area contributed by atoms with Gasteiger partial charge in [-0.1, -0.05) is 11.8 Å². The minimum Gasteiger partial charge on any atom is -0.232 e. The number of hydrogen-bond donors (Lipinski definition) is 0. The summed E-state index contributed by atoms with van der Waals surface area (Å²) in [6.45, 7) is 0. The van der Waals surface area contributed by atoms with Gasteiger partial charge in [0.05, 0.1) is 0 Å². The number of aliphatic imine (C=N–C) groups is 1. The van der Waals surface area contributed by atoms with E-state index in [1.807, 2.05) is 25.8 Å². The van der Waals surface area contributed by atoms with E-state index in [-0.39, 0.29) is 0 Å². The maximum absolute atomic E-state index is 4.38. The third-order valence-electron chi connectivity index (χ3n) is 1.44. The highest BCUT2D eigenvalue weighted by Crippen LogP contribution is 2.19. The number of rotatable bonds is 2.